The van der Waals surface area contributed by atoms with Gasteiger partial charge in [0.2, 0.25) is 0 Å². The summed E-state index contributed by atoms with van der Waals surface area (Å²) in [7, 11) is 0. The third-order valence-electron chi connectivity index (χ3n) is 2.66. The Hall–Kier alpha value is -1.32. The Morgan fingerprint density at radius 3 is 2.65 bits per heavy atom. The Kier molecular flexibility index (Phi) is 3.82. The molecule has 0 bridgehead atoms. The molecule has 90 valence electrons. The van der Waals surface area contributed by atoms with Gasteiger partial charge in [-0.1, -0.05) is 18.5 Å². The SMILES string of the molecule is CCNCc1cn(-c2ccc(Cl)cc2)nc1C. The molecule has 0 aliphatic rings. The minimum Gasteiger partial charge on any atom is -0.313 e. The van der Waals surface area contributed by atoms with Crippen molar-refractivity contribution in [3.05, 3.63) is 46.7 Å². The van der Waals surface area contributed by atoms with E-state index < -0.39 is 0 Å². The standard InChI is InChI=1S/C13H16ClN3/c1-3-15-8-11-9-17(16-10(11)2)13-6-4-12(14)5-7-13/h4-7,9,15H,3,8H2,1-2H3. The first-order valence-electron chi connectivity index (χ1n) is 5.72. The number of benzene rings is 1. The molecule has 2 aromatic rings. The molecule has 0 saturated carbocycles. The van der Waals surface area contributed by atoms with Crippen LogP contribution in [0.4, 0.5) is 0 Å². The van der Waals surface area contributed by atoms with Crippen LogP contribution in [0.5, 0.6) is 0 Å². The lowest BCUT2D eigenvalue weighted by molar-refractivity contribution is 0.723. The first-order valence-corrected chi connectivity index (χ1v) is 6.10. The van der Waals surface area contributed by atoms with Crippen LogP contribution < -0.4 is 5.32 Å². The lowest BCUT2D eigenvalue weighted by Gasteiger charge is -2.00. The number of rotatable bonds is 4. The third kappa shape index (κ3) is 2.87. The minimum atomic E-state index is 0.741. The number of aromatic nitrogens is 2. The zero-order valence-electron chi connectivity index (χ0n) is 10.1. The van der Waals surface area contributed by atoms with Crippen LogP contribution in [-0.2, 0) is 6.54 Å². The Balaban J connectivity index is 2.24. The molecule has 17 heavy (non-hydrogen) atoms. The highest BCUT2D eigenvalue weighted by molar-refractivity contribution is 6.30. The first-order chi connectivity index (χ1) is 8.20. The third-order valence-corrected chi connectivity index (χ3v) is 2.91. The van der Waals surface area contributed by atoms with E-state index in [1.165, 1.54) is 5.56 Å². The maximum atomic E-state index is 5.86. The molecule has 0 aliphatic heterocycles. The number of aryl methyl sites for hydroxylation is 1. The quantitative estimate of drug-likeness (QED) is 0.903. The van der Waals surface area contributed by atoms with Crippen molar-refractivity contribution in [2.75, 3.05) is 6.54 Å². The van der Waals surface area contributed by atoms with E-state index in [-0.39, 0.29) is 0 Å². The fraction of sp³-hybridized carbons (Fsp3) is 0.308. The Morgan fingerprint density at radius 1 is 1.29 bits per heavy atom. The molecule has 3 nitrogen and oxygen atoms in total. The molecular weight excluding hydrogens is 234 g/mol. The summed E-state index contributed by atoms with van der Waals surface area (Å²) in [6.07, 6.45) is 2.06. The summed E-state index contributed by atoms with van der Waals surface area (Å²) >= 11 is 5.86. The van der Waals surface area contributed by atoms with E-state index in [0.29, 0.717) is 0 Å². The predicted molar refractivity (Wildman–Crippen MR) is 70.7 cm³/mol. The van der Waals surface area contributed by atoms with Crippen LogP contribution in [0.3, 0.4) is 0 Å². The monoisotopic (exact) mass is 249 g/mol. The van der Waals surface area contributed by atoms with Crippen molar-refractivity contribution in [1.82, 2.24) is 15.1 Å². The van der Waals surface area contributed by atoms with Crippen LogP contribution >= 0.6 is 11.6 Å². The van der Waals surface area contributed by atoms with E-state index in [1.54, 1.807) is 0 Å². The van der Waals surface area contributed by atoms with Gasteiger partial charge in [-0.15, -0.1) is 0 Å². The molecule has 0 fully saturated rings. The van der Waals surface area contributed by atoms with Crippen LogP contribution in [0.2, 0.25) is 5.02 Å². The summed E-state index contributed by atoms with van der Waals surface area (Å²) in [5.74, 6) is 0. The maximum Gasteiger partial charge on any atom is 0.0646 e. The van der Waals surface area contributed by atoms with Crippen LogP contribution in [0.1, 0.15) is 18.2 Å². The molecule has 0 saturated heterocycles. The number of halogens is 1. The fourth-order valence-corrected chi connectivity index (χ4v) is 1.78. The molecule has 0 amide bonds. The van der Waals surface area contributed by atoms with Gasteiger partial charge in [0.15, 0.2) is 0 Å². The van der Waals surface area contributed by atoms with Crippen LogP contribution in [0.15, 0.2) is 30.5 Å². The van der Waals surface area contributed by atoms with Crippen molar-refractivity contribution < 1.29 is 0 Å². The Bertz CT molecular complexity index is 488. The highest BCUT2D eigenvalue weighted by Crippen LogP contribution is 2.15. The predicted octanol–water partition coefficient (Wildman–Crippen LogP) is 2.94. The highest BCUT2D eigenvalue weighted by Gasteiger charge is 2.05. The number of hydrogen-bond donors (Lipinski definition) is 1. The molecule has 1 aromatic heterocycles. The highest BCUT2D eigenvalue weighted by atomic mass is 35.5. The minimum absolute atomic E-state index is 0.741. The molecule has 1 N–H and O–H groups in total. The van der Waals surface area contributed by atoms with Gasteiger partial charge in [0.05, 0.1) is 11.4 Å². The average Bonchev–Trinajstić information content (AvgIpc) is 2.69. The summed E-state index contributed by atoms with van der Waals surface area (Å²) in [5.41, 5.74) is 3.31. The summed E-state index contributed by atoms with van der Waals surface area (Å²) in [6.45, 7) is 5.94. The van der Waals surface area contributed by atoms with Crippen molar-refractivity contribution in [3.63, 3.8) is 0 Å². The molecule has 0 spiro atoms. The molecule has 2 rings (SSSR count). The molecule has 0 aliphatic carbocycles. The molecule has 0 radical (unpaired) electrons. The second-order valence-electron chi connectivity index (χ2n) is 3.94. The number of hydrogen-bond acceptors (Lipinski definition) is 2. The van der Waals surface area contributed by atoms with E-state index >= 15 is 0 Å². The van der Waals surface area contributed by atoms with Gasteiger partial charge in [-0.3, -0.25) is 0 Å². The second-order valence-corrected chi connectivity index (χ2v) is 4.38. The summed E-state index contributed by atoms with van der Waals surface area (Å²) in [4.78, 5) is 0. The van der Waals surface area contributed by atoms with E-state index in [2.05, 4.69) is 23.5 Å². The van der Waals surface area contributed by atoms with Crippen LogP contribution in [-0.4, -0.2) is 16.3 Å². The van der Waals surface area contributed by atoms with Gasteiger partial charge < -0.3 is 5.32 Å². The normalized spacial score (nSPS) is 10.8. The van der Waals surface area contributed by atoms with Crippen LogP contribution in [0.25, 0.3) is 5.69 Å². The molecule has 0 atom stereocenters. The number of nitrogens with zero attached hydrogens (tertiary/aromatic N) is 2. The van der Waals surface area contributed by atoms with E-state index in [1.807, 2.05) is 35.9 Å². The van der Waals surface area contributed by atoms with Crippen LogP contribution in [0, 0.1) is 6.92 Å². The number of nitrogens with one attached hydrogen (secondary N) is 1. The average molecular weight is 250 g/mol. The smallest absolute Gasteiger partial charge is 0.0646 e. The molecular formula is C13H16ClN3. The van der Waals surface area contributed by atoms with Gasteiger partial charge in [0.1, 0.15) is 0 Å². The largest absolute Gasteiger partial charge is 0.313 e. The van der Waals surface area contributed by atoms with Crippen molar-refractivity contribution in [3.8, 4) is 5.69 Å². The van der Waals surface area contributed by atoms with Gasteiger partial charge in [-0.25, -0.2) is 4.68 Å². The summed E-state index contributed by atoms with van der Waals surface area (Å²) < 4.78 is 1.89. The van der Waals surface area contributed by atoms with E-state index in [0.717, 1.165) is 29.5 Å². The van der Waals surface area contributed by atoms with Crippen molar-refractivity contribution in [2.45, 2.75) is 20.4 Å². The summed E-state index contributed by atoms with van der Waals surface area (Å²) in [6, 6.07) is 7.67. The van der Waals surface area contributed by atoms with E-state index in [4.69, 9.17) is 11.6 Å². The molecule has 4 heteroatoms. The van der Waals surface area contributed by atoms with Gasteiger partial charge in [0, 0.05) is 23.3 Å². The fourth-order valence-electron chi connectivity index (χ4n) is 1.66. The maximum absolute atomic E-state index is 5.86. The molecule has 0 unspecified atom stereocenters. The second kappa shape index (κ2) is 5.34. The zero-order valence-corrected chi connectivity index (χ0v) is 10.8. The van der Waals surface area contributed by atoms with E-state index in [9.17, 15) is 0 Å². The Labute approximate surface area is 106 Å². The zero-order chi connectivity index (χ0) is 12.3. The topological polar surface area (TPSA) is 29.9 Å². The first kappa shape index (κ1) is 12.1. The molecule has 1 aromatic carbocycles. The lowest BCUT2D eigenvalue weighted by atomic mass is 10.2. The lowest BCUT2D eigenvalue weighted by Crippen LogP contribution is -2.11. The Morgan fingerprint density at radius 2 is 2.00 bits per heavy atom. The van der Waals surface area contributed by atoms with Gasteiger partial charge >= 0.3 is 0 Å². The van der Waals surface area contributed by atoms with Gasteiger partial charge in [-0.2, -0.15) is 5.10 Å². The van der Waals surface area contributed by atoms with Crippen molar-refractivity contribution >= 4 is 11.6 Å². The van der Waals surface area contributed by atoms with Gasteiger partial charge in [-0.05, 0) is 37.7 Å². The van der Waals surface area contributed by atoms with Gasteiger partial charge in [0.25, 0.3) is 0 Å². The van der Waals surface area contributed by atoms with Crippen molar-refractivity contribution in [1.29, 1.82) is 0 Å². The molecule has 1 heterocycles. The summed E-state index contributed by atoms with van der Waals surface area (Å²) in [5, 5.41) is 8.54. The van der Waals surface area contributed by atoms with Crippen molar-refractivity contribution in [2.24, 2.45) is 0 Å².